The van der Waals surface area contributed by atoms with Crippen LogP contribution in [0.2, 0.25) is 0 Å². The second-order valence-electron chi connectivity index (χ2n) is 5.80. The first kappa shape index (κ1) is 17.0. The van der Waals surface area contributed by atoms with Gasteiger partial charge in [0, 0.05) is 6.42 Å². The molecule has 0 unspecified atom stereocenters. The lowest BCUT2D eigenvalue weighted by Gasteiger charge is -2.35. The number of nitrogens with one attached hydrogen (secondary N) is 1. The average Bonchev–Trinajstić information content (AvgIpc) is 2.43. The Morgan fingerprint density at radius 1 is 1.24 bits per heavy atom. The van der Waals surface area contributed by atoms with Crippen molar-refractivity contribution in [2.75, 3.05) is 7.11 Å². The summed E-state index contributed by atoms with van der Waals surface area (Å²) in [4.78, 5) is 24.6. The molecule has 0 spiro atoms. The molecule has 1 N–H and O–H groups in total. The van der Waals surface area contributed by atoms with Crippen molar-refractivity contribution in [1.82, 2.24) is 10.4 Å². The molecule has 0 radical (unpaired) electrons. The Hall–Kier alpha value is -2.04. The number of rotatable bonds is 4. The van der Waals surface area contributed by atoms with Crippen LogP contribution in [-0.4, -0.2) is 29.5 Å². The highest BCUT2D eigenvalue weighted by molar-refractivity contribution is 5.98. The number of hydrazine groups is 1. The van der Waals surface area contributed by atoms with Gasteiger partial charge in [0.05, 0.1) is 18.2 Å². The molecule has 0 atom stereocenters. The summed E-state index contributed by atoms with van der Waals surface area (Å²) in [6.07, 6.45) is 1.11. The molecular formula is C16H24N2O3. The molecule has 2 amide bonds. The standard InChI is InChI=1S/C16H24N2O3/c1-6-9-14(19)17-18(16(2,3)4)15(20)12-10-7-8-11-13(12)21-5/h7-8,10-11H,6,9H2,1-5H3,(H,17,19). The summed E-state index contributed by atoms with van der Waals surface area (Å²) in [7, 11) is 1.52. The number of methoxy groups -OCH3 is 1. The average molecular weight is 292 g/mol. The lowest BCUT2D eigenvalue weighted by atomic mass is 10.1. The monoisotopic (exact) mass is 292 g/mol. The number of hydrogen-bond acceptors (Lipinski definition) is 3. The lowest BCUT2D eigenvalue weighted by molar-refractivity contribution is -0.126. The van der Waals surface area contributed by atoms with Crippen LogP contribution in [-0.2, 0) is 4.79 Å². The highest BCUT2D eigenvalue weighted by Gasteiger charge is 2.30. The zero-order valence-electron chi connectivity index (χ0n) is 13.4. The first-order chi connectivity index (χ1) is 9.81. The molecule has 21 heavy (non-hydrogen) atoms. The van der Waals surface area contributed by atoms with Crippen LogP contribution in [0.1, 0.15) is 50.9 Å². The maximum absolute atomic E-state index is 12.7. The summed E-state index contributed by atoms with van der Waals surface area (Å²) < 4.78 is 5.22. The number of amides is 2. The minimum atomic E-state index is -0.540. The van der Waals surface area contributed by atoms with E-state index in [4.69, 9.17) is 4.74 Å². The molecule has 0 aliphatic carbocycles. The smallest absolute Gasteiger partial charge is 0.276 e. The van der Waals surface area contributed by atoms with Gasteiger partial charge >= 0.3 is 0 Å². The molecule has 1 aromatic rings. The number of para-hydroxylation sites is 1. The fourth-order valence-electron chi connectivity index (χ4n) is 1.87. The van der Waals surface area contributed by atoms with Gasteiger partial charge in [-0.15, -0.1) is 0 Å². The fraction of sp³-hybridized carbons (Fsp3) is 0.500. The van der Waals surface area contributed by atoms with Crippen molar-refractivity contribution in [3.05, 3.63) is 29.8 Å². The zero-order valence-corrected chi connectivity index (χ0v) is 13.4. The Labute approximate surface area is 126 Å². The van der Waals surface area contributed by atoms with Crippen molar-refractivity contribution in [3.8, 4) is 5.75 Å². The quantitative estimate of drug-likeness (QED) is 0.868. The van der Waals surface area contributed by atoms with Crippen LogP contribution in [0.25, 0.3) is 0 Å². The molecular weight excluding hydrogens is 268 g/mol. The SMILES string of the molecule is CCCC(=O)NN(C(=O)c1ccccc1OC)C(C)(C)C. The summed E-state index contributed by atoms with van der Waals surface area (Å²) >= 11 is 0. The van der Waals surface area contributed by atoms with E-state index in [1.54, 1.807) is 24.3 Å². The van der Waals surface area contributed by atoms with Crippen LogP contribution in [0.5, 0.6) is 5.75 Å². The van der Waals surface area contributed by atoms with E-state index >= 15 is 0 Å². The largest absolute Gasteiger partial charge is 0.496 e. The molecule has 5 nitrogen and oxygen atoms in total. The van der Waals surface area contributed by atoms with Gasteiger partial charge in [-0.05, 0) is 39.3 Å². The summed E-state index contributed by atoms with van der Waals surface area (Å²) in [6, 6.07) is 6.98. The van der Waals surface area contributed by atoms with E-state index in [9.17, 15) is 9.59 Å². The van der Waals surface area contributed by atoms with Gasteiger partial charge in [0.2, 0.25) is 5.91 Å². The summed E-state index contributed by atoms with van der Waals surface area (Å²) in [6.45, 7) is 7.52. The lowest BCUT2D eigenvalue weighted by Crippen LogP contribution is -2.55. The van der Waals surface area contributed by atoms with Crippen molar-refractivity contribution in [1.29, 1.82) is 0 Å². The molecule has 0 heterocycles. The van der Waals surface area contributed by atoms with Crippen LogP contribution < -0.4 is 10.2 Å². The zero-order chi connectivity index (χ0) is 16.0. The van der Waals surface area contributed by atoms with Gasteiger partial charge in [-0.2, -0.15) is 0 Å². The molecule has 1 aromatic carbocycles. The van der Waals surface area contributed by atoms with Crippen molar-refractivity contribution in [2.24, 2.45) is 0 Å². The van der Waals surface area contributed by atoms with Crippen molar-refractivity contribution in [3.63, 3.8) is 0 Å². The minimum Gasteiger partial charge on any atom is -0.496 e. The number of nitrogens with zero attached hydrogens (tertiary/aromatic N) is 1. The van der Waals surface area contributed by atoms with Crippen LogP contribution >= 0.6 is 0 Å². The first-order valence-electron chi connectivity index (χ1n) is 7.08. The molecule has 1 rings (SSSR count). The predicted molar refractivity (Wildman–Crippen MR) is 82.0 cm³/mol. The summed E-state index contributed by atoms with van der Waals surface area (Å²) in [5.74, 6) is 0.0292. The maximum Gasteiger partial charge on any atom is 0.276 e. The normalized spacial score (nSPS) is 10.9. The van der Waals surface area contributed by atoms with Gasteiger partial charge in [-0.1, -0.05) is 19.1 Å². The topological polar surface area (TPSA) is 58.6 Å². The number of hydrogen-bond donors (Lipinski definition) is 1. The molecule has 0 fully saturated rings. The van der Waals surface area contributed by atoms with Crippen LogP contribution in [0.15, 0.2) is 24.3 Å². The van der Waals surface area contributed by atoms with E-state index < -0.39 is 5.54 Å². The van der Waals surface area contributed by atoms with Gasteiger partial charge in [-0.25, -0.2) is 5.01 Å². The van der Waals surface area contributed by atoms with Gasteiger partial charge in [0.15, 0.2) is 0 Å². The highest BCUT2D eigenvalue weighted by Crippen LogP contribution is 2.22. The third kappa shape index (κ3) is 4.48. The highest BCUT2D eigenvalue weighted by atomic mass is 16.5. The van der Waals surface area contributed by atoms with Gasteiger partial charge < -0.3 is 4.74 Å². The van der Waals surface area contributed by atoms with Gasteiger partial charge in [-0.3, -0.25) is 15.0 Å². The molecule has 0 aliphatic heterocycles. The number of ether oxygens (including phenoxy) is 1. The van der Waals surface area contributed by atoms with E-state index in [0.717, 1.165) is 6.42 Å². The van der Waals surface area contributed by atoms with E-state index in [1.807, 2.05) is 27.7 Å². The van der Waals surface area contributed by atoms with Crippen LogP contribution in [0.4, 0.5) is 0 Å². The third-order valence-electron chi connectivity index (χ3n) is 2.92. The molecule has 0 bridgehead atoms. The van der Waals surface area contributed by atoms with E-state index in [1.165, 1.54) is 12.1 Å². The third-order valence-corrected chi connectivity index (χ3v) is 2.92. The first-order valence-corrected chi connectivity index (χ1v) is 7.08. The molecule has 0 aliphatic rings. The summed E-state index contributed by atoms with van der Waals surface area (Å²) in [5, 5.41) is 1.36. The van der Waals surface area contributed by atoms with E-state index in [0.29, 0.717) is 17.7 Å². The Bertz CT molecular complexity index is 506. The van der Waals surface area contributed by atoms with Crippen molar-refractivity contribution in [2.45, 2.75) is 46.1 Å². The van der Waals surface area contributed by atoms with Crippen LogP contribution in [0, 0.1) is 0 Å². The molecule has 0 saturated carbocycles. The predicted octanol–water partition coefficient (Wildman–Crippen LogP) is 2.77. The Morgan fingerprint density at radius 2 is 1.86 bits per heavy atom. The van der Waals surface area contributed by atoms with Crippen molar-refractivity contribution < 1.29 is 14.3 Å². The maximum atomic E-state index is 12.7. The van der Waals surface area contributed by atoms with E-state index in [-0.39, 0.29) is 11.8 Å². The Kier molecular flexibility index (Phi) is 5.76. The number of carbonyl (C=O) groups excluding carboxylic acids is 2. The summed E-state index contributed by atoms with van der Waals surface area (Å²) in [5.41, 5.74) is 2.58. The molecule has 116 valence electrons. The van der Waals surface area contributed by atoms with Gasteiger partial charge in [0.25, 0.3) is 5.91 Å². The van der Waals surface area contributed by atoms with Crippen molar-refractivity contribution >= 4 is 11.8 Å². The molecule has 0 aromatic heterocycles. The Morgan fingerprint density at radius 3 is 2.38 bits per heavy atom. The fourth-order valence-corrected chi connectivity index (χ4v) is 1.87. The van der Waals surface area contributed by atoms with E-state index in [2.05, 4.69) is 5.43 Å². The van der Waals surface area contributed by atoms with Gasteiger partial charge in [0.1, 0.15) is 5.75 Å². The van der Waals surface area contributed by atoms with Crippen LogP contribution in [0.3, 0.4) is 0 Å². The second kappa shape index (κ2) is 7.11. The second-order valence-corrected chi connectivity index (χ2v) is 5.80. The molecule has 5 heteroatoms. The number of benzene rings is 1. The Balaban J connectivity index is 3.09. The molecule has 0 saturated heterocycles. The number of carbonyl (C=O) groups is 2. The minimum absolute atomic E-state index is 0.171.